The van der Waals surface area contributed by atoms with Crippen LogP contribution >= 0.6 is 0 Å². The molecule has 0 unspecified atom stereocenters. The number of nitrogens with zero attached hydrogens (tertiary/aromatic N) is 2. The van der Waals surface area contributed by atoms with Crippen LogP contribution in [0.4, 0.5) is 0 Å². The molecular formula is C34H41IrN2O2-. The van der Waals surface area contributed by atoms with Crippen LogP contribution in [0.15, 0.2) is 60.5 Å². The van der Waals surface area contributed by atoms with Crippen LogP contribution in [0.3, 0.4) is 0 Å². The molecule has 0 spiro atoms. The maximum absolute atomic E-state index is 11.7. The van der Waals surface area contributed by atoms with Gasteiger partial charge in [-0.15, -0.1) is 34.9 Å². The molecule has 2 heterocycles. The van der Waals surface area contributed by atoms with Crippen LogP contribution in [-0.2, 0) is 24.9 Å². The summed E-state index contributed by atoms with van der Waals surface area (Å²) in [5.74, 6) is 0.547. The molecule has 2 aromatic carbocycles. The van der Waals surface area contributed by atoms with Crippen LogP contribution in [-0.4, -0.2) is 20.9 Å². The van der Waals surface area contributed by atoms with E-state index in [9.17, 15) is 9.90 Å². The van der Waals surface area contributed by atoms with Gasteiger partial charge in [0.2, 0.25) is 0 Å². The Kier molecular flexibility index (Phi) is 12.5. The number of benzene rings is 2. The van der Waals surface area contributed by atoms with E-state index in [1.807, 2.05) is 40.8 Å². The molecule has 4 aromatic rings. The minimum absolute atomic E-state index is 0. The second-order valence-corrected chi connectivity index (χ2v) is 10.1. The number of fused-ring (bicyclic) bond motifs is 3. The number of allylic oxidation sites excluding steroid dienone is 2. The van der Waals surface area contributed by atoms with Gasteiger partial charge < -0.3 is 10.1 Å². The number of rotatable bonds is 8. The van der Waals surface area contributed by atoms with Crippen molar-refractivity contribution in [2.75, 3.05) is 0 Å². The number of pyridine rings is 2. The van der Waals surface area contributed by atoms with Crippen LogP contribution in [0.25, 0.3) is 32.9 Å². The number of carbonyl (C=O) groups excluding carboxylic acids is 1. The Hall–Kier alpha value is -2.88. The Balaban J connectivity index is 0.000000294. The van der Waals surface area contributed by atoms with E-state index in [4.69, 9.17) is 0 Å². The first kappa shape index (κ1) is 32.3. The molecule has 0 atom stereocenters. The van der Waals surface area contributed by atoms with E-state index in [1.165, 1.54) is 22.4 Å². The molecule has 0 aliphatic heterocycles. The van der Waals surface area contributed by atoms with Crippen molar-refractivity contribution in [2.24, 2.45) is 11.8 Å². The molecule has 2 aromatic heterocycles. The van der Waals surface area contributed by atoms with Crippen LogP contribution < -0.4 is 0 Å². The summed E-state index contributed by atoms with van der Waals surface area (Å²) in [6.07, 6.45) is 6.78. The summed E-state index contributed by atoms with van der Waals surface area (Å²) in [6, 6.07) is 18.2. The Morgan fingerprint density at radius 2 is 1.51 bits per heavy atom. The molecule has 0 fully saturated rings. The predicted octanol–water partition coefficient (Wildman–Crippen LogP) is 9.04. The third kappa shape index (κ3) is 8.06. The molecule has 1 radical (unpaired) electrons. The molecule has 4 nitrogen and oxygen atoms in total. The van der Waals surface area contributed by atoms with Gasteiger partial charge in [-0.2, -0.15) is 0 Å². The number of aryl methyl sites for hydroxylation is 3. The number of aromatic nitrogens is 2. The fourth-order valence-corrected chi connectivity index (χ4v) is 4.99. The molecule has 39 heavy (non-hydrogen) atoms. The van der Waals surface area contributed by atoms with Gasteiger partial charge in [0.1, 0.15) is 0 Å². The number of carbonyl (C=O) groups is 1. The molecule has 5 heteroatoms. The van der Waals surface area contributed by atoms with Gasteiger partial charge >= 0.3 is 0 Å². The van der Waals surface area contributed by atoms with E-state index in [2.05, 4.69) is 72.3 Å². The number of ketones is 1. The number of hydrogen-bond acceptors (Lipinski definition) is 4. The van der Waals surface area contributed by atoms with Gasteiger partial charge in [0.15, 0.2) is 5.78 Å². The van der Waals surface area contributed by atoms with E-state index < -0.39 is 0 Å². The van der Waals surface area contributed by atoms with Gasteiger partial charge in [-0.25, -0.2) is 0 Å². The molecule has 0 saturated carbocycles. The normalized spacial score (nSPS) is 11.5. The summed E-state index contributed by atoms with van der Waals surface area (Å²) < 4.78 is 0. The Labute approximate surface area is 247 Å². The minimum Gasteiger partial charge on any atom is -0.512 e. The third-order valence-electron chi connectivity index (χ3n) is 7.24. The summed E-state index contributed by atoms with van der Waals surface area (Å²) in [4.78, 5) is 21.0. The maximum atomic E-state index is 11.7. The zero-order valence-electron chi connectivity index (χ0n) is 24.3. The Bertz CT molecular complexity index is 1420. The van der Waals surface area contributed by atoms with Gasteiger partial charge in [-0.3, -0.25) is 9.78 Å². The van der Waals surface area contributed by atoms with Gasteiger partial charge in [0, 0.05) is 55.3 Å². The summed E-state index contributed by atoms with van der Waals surface area (Å²) in [5, 5.41) is 13.3. The second-order valence-electron chi connectivity index (χ2n) is 10.1. The number of aliphatic hydroxyl groups is 1. The molecular weight excluding hydrogens is 661 g/mol. The zero-order valence-corrected chi connectivity index (χ0v) is 26.7. The molecule has 0 saturated heterocycles. The third-order valence-corrected chi connectivity index (χ3v) is 7.24. The smallest absolute Gasteiger partial charge is 0.162 e. The average Bonchev–Trinajstić information content (AvgIpc) is 2.89. The summed E-state index contributed by atoms with van der Waals surface area (Å²) >= 11 is 0. The van der Waals surface area contributed by atoms with Gasteiger partial charge in [0.25, 0.3) is 0 Å². The number of aliphatic hydroxyl groups excluding tert-OH is 1. The van der Waals surface area contributed by atoms with Gasteiger partial charge in [0.05, 0.1) is 11.3 Å². The van der Waals surface area contributed by atoms with Crippen molar-refractivity contribution in [2.45, 2.75) is 74.1 Å². The fraction of sp³-hybridized carbons (Fsp3) is 0.382. The van der Waals surface area contributed by atoms with Crippen LogP contribution in [0.5, 0.6) is 0 Å². The van der Waals surface area contributed by atoms with E-state index in [0.29, 0.717) is 0 Å². The molecule has 0 aliphatic rings. The molecule has 4 rings (SSSR count). The minimum atomic E-state index is 0. The van der Waals surface area contributed by atoms with Gasteiger partial charge in [-0.1, -0.05) is 53.7 Å². The van der Waals surface area contributed by atoms with E-state index >= 15 is 0 Å². The quantitative estimate of drug-likeness (QED) is 0.0862. The van der Waals surface area contributed by atoms with E-state index in [-0.39, 0.29) is 43.5 Å². The summed E-state index contributed by atoms with van der Waals surface area (Å²) in [6.45, 7) is 14.3. The fourth-order valence-electron chi connectivity index (χ4n) is 4.99. The van der Waals surface area contributed by atoms with Crippen molar-refractivity contribution < 1.29 is 30.0 Å². The standard InChI is InChI=1S/C21H17N2.C13H24O2.Ir/c1-13-10-14(2)12-16(11-13)21-19-6-7-20-18(5-4-15(3)23-20)17(19)8-9-22-21;1-5-10(6-2)12(14)9-13(15)11(7-3)8-4;/h4-11H,1-3H3;9-11,14H,5-8H2,1-4H3;/q-1;;/b;12-9-;. The number of hydrogen-bond donors (Lipinski definition) is 1. The summed E-state index contributed by atoms with van der Waals surface area (Å²) in [7, 11) is 0. The van der Waals surface area contributed by atoms with E-state index in [1.54, 1.807) is 0 Å². The first-order valence-electron chi connectivity index (χ1n) is 13.8. The second kappa shape index (κ2) is 15.1. The van der Waals surface area contributed by atoms with Crippen LogP contribution in [0, 0.1) is 38.7 Å². The van der Waals surface area contributed by atoms with Crippen molar-refractivity contribution >= 4 is 27.5 Å². The maximum Gasteiger partial charge on any atom is 0.162 e. The summed E-state index contributed by atoms with van der Waals surface area (Å²) in [5.41, 5.74) is 6.46. The average molecular weight is 702 g/mol. The Morgan fingerprint density at radius 3 is 2.13 bits per heavy atom. The van der Waals surface area contributed by atoms with Crippen LogP contribution in [0.2, 0.25) is 0 Å². The zero-order chi connectivity index (χ0) is 27.8. The molecule has 0 aliphatic carbocycles. The predicted molar refractivity (Wildman–Crippen MR) is 159 cm³/mol. The molecule has 209 valence electrons. The molecule has 0 bridgehead atoms. The molecule has 0 amide bonds. The first-order chi connectivity index (χ1) is 18.2. The Morgan fingerprint density at radius 1 is 0.872 bits per heavy atom. The van der Waals surface area contributed by atoms with Crippen molar-refractivity contribution in [3.63, 3.8) is 0 Å². The molecule has 1 N–H and O–H groups in total. The largest absolute Gasteiger partial charge is 0.512 e. The van der Waals surface area contributed by atoms with Crippen molar-refractivity contribution in [3.8, 4) is 11.3 Å². The SMILES string of the molecule is CCC(CC)C(=O)/C=C(\O)C(CC)CC.Cc1[c-]c(-c2nccc3c2ccc2nc(C)ccc23)cc(C)c1.[Ir]. The monoisotopic (exact) mass is 702 g/mol. The van der Waals surface area contributed by atoms with Crippen molar-refractivity contribution in [1.82, 2.24) is 9.97 Å². The van der Waals surface area contributed by atoms with Crippen molar-refractivity contribution in [1.29, 1.82) is 0 Å². The van der Waals surface area contributed by atoms with Gasteiger partial charge in [-0.05, 0) is 67.3 Å². The van der Waals surface area contributed by atoms with Crippen LogP contribution in [0.1, 0.15) is 70.2 Å². The first-order valence-corrected chi connectivity index (χ1v) is 13.8. The topological polar surface area (TPSA) is 63.1 Å². The van der Waals surface area contributed by atoms with Crippen molar-refractivity contribution in [3.05, 3.63) is 83.4 Å². The van der Waals surface area contributed by atoms with E-state index in [0.717, 1.165) is 59.1 Å².